The van der Waals surface area contributed by atoms with Gasteiger partial charge in [-0.15, -0.1) is 11.3 Å². The first-order chi connectivity index (χ1) is 16.3. The summed E-state index contributed by atoms with van der Waals surface area (Å²) in [6, 6.07) is 8.83. The number of fused-ring (bicyclic) bond motifs is 2. The number of benzene rings is 1. The van der Waals surface area contributed by atoms with Crippen molar-refractivity contribution in [2.75, 3.05) is 11.9 Å². The van der Waals surface area contributed by atoms with Crippen LogP contribution >= 0.6 is 11.3 Å². The van der Waals surface area contributed by atoms with Gasteiger partial charge in [-0.1, -0.05) is 31.1 Å². The van der Waals surface area contributed by atoms with Gasteiger partial charge in [-0.3, -0.25) is 4.68 Å². The molecule has 0 radical (unpaired) electrons. The van der Waals surface area contributed by atoms with Crippen LogP contribution < -0.4 is 10.6 Å². The number of nitrogens with zero attached hydrogens (tertiary/aromatic N) is 4. The second-order valence-corrected chi connectivity index (χ2v) is 10.2. The smallest absolute Gasteiger partial charge is 0.151 e. The van der Waals surface area contributed by atoms with Crippen molar-refractivity contribution >= 4 is 44.0 Å². The zero-order valence-electron chi connectivity index (χ0n) is 18.7. The van der Waals surface area contributed by atoms with Crippen molar-refractivity contribution < 1.29 is 0 Å². The molecule has 2 fully saturated rings. The molecule has 33 heavy (non-hydrogen) atoms. The van der Waals surface area contributed by atoms with Gasteiger partial charge in [-0.2, -0.15) is 5.10 Å². The molecule has 1 aliphatic carbocycles. The van der Waals surface area contributed by atoms with Crippen molar-refractivity contribution in [1.29, 1.82) is 0 Å². The predicted octanol–water partition coefficient (Wildman–Crippen LogP) is 5.47. The Hall–Kier alpha value is -2.95. The van der Waals surface area contributed by atoms with Crippen LogP contribution in [0.3, 0.4) is 0 Å². The van der Waals surface area contributed by atoms with E-state index in [1.807, 2.05) is 6.20 Å². The van der Waals surface area contributed by atoms with Crippen LogP contribution in [0.4, 0.5) is 11.5 Å². The molecule has 6 rings (SSSR count). The average Bonchev–Trinajstić information content (AvgIpc) is 3.59. The van der Waals surface area contributed by atoms with Crippen LogP contribution in [-0.4, -0.2) is 32.3 Å². The molecular formula is C26H28N6S. The first kappa shape index (κ1) is 20.6. The maximum atomic E-state index is 4.69. The fourth-order valence-corrected chi connectivity index (χ4v) is 5.95. The summed E-state index contributed by atoms with van der Waals surface area (Å²) in [5.74, 6) is 8.26. The maximum Gasteiger partial charge on any atom is 0.151 e. The highest BCUT2D eigenvalue weighted by molar-refractivity contribution is 7.20. The minimum absolute atomic E-state index is 0.310. The molecule has 3 aromatic heterocycles. The van der Waals surface area contributed by atoms with Gasteiger partial charge in [0.25, 0.3) is 0 Å². The van der Waals surface area contributed by atoms with E-state index in [-0.39, 0.29) is 0 Å². The molecule has 0 bridgehead atoms. The predicted molar refractivity (Wildman–Crippen MR) is 135 cm³/mol. The summed E-state index contributed by atoms with van der Waals surface area (Å²) in [4.78, 5) is 10.0. The zero-order chi connectivity index (χ0) is 22.0. The summed E-state index contributed by atoms with van der Waals surface area (Å²) in [5.41, 5.74) is 3.15. The van der Waals surface area contributed by atoms with Crippen LogP contribution in [0.1, 0.15) is 49.8 Å². The SMILES string of the molecule is C(#C[C@H]1CCCN1)c1cc2ncnc(Nc3ccc4c(cnn4CC4CCCCC4)c3)c2s1. The Balaban J connectivity index is 1.23. The quantitative estimate of drug-likeness (QED) is 0.399. The monoisotopic (exact) mass is 456 g/mol. The lowest BCUT2D eigenvalue weighted by atomic mass is 9.89. The molecule has 1 atom stereocenters. The largest absolute Gasteiger partial charge is 0.339 e. The molecule has 7 heteroatoms. The van der Waals surface area contributed by atoms with Gasteiger partial charge in [0.15, 0.2) is 5.82 Å². The molecule has 6 nitrogen and oxygen atoms in total. The van der Waals surface area contributed by atoms with Crippen LogP contribution in [0, 0.1) is 17.8 Å². The van der Waals surface area contributed by atoms with Gasteiger partial charge < -0.3 is 10.6 Å². The Morgan fingerprint density at radius 3 is 2.91 bits per heavy atom. The second kappa shape index (κ2) is 9.12. The van der Waals surface area contributed by atoms with Crippen molar-refractivity contribution in [2.24, 2.45) is 5.92 Å². The maximum absolute atomic E-state index is 4.69. The van der Waals surface area contributed by atoms with E-state index >= 15 is 0 Å². The highest BCUT2D eigenvalue weighted by Crippen LogP contribution is 2.32. The number of hydrogen-bond acceptors (Lipinski definition) is 6. The molecule has 1 saturated heterocycles. The van der Waals surface area contributed by atoms with E-state index in [0.29, 0.717) is 6.04 Å². The molecule has 4 heterocycles. The van der Waals surface area contributed by atoms with E-state index in [9.17, 15) is 0 Å². The van der Waals surface area contributed by atoms with Gasteiger partial charge in [0, 0.05) is 17.6 Å². The van der Waals surface area contributed by atoms with Crippen LogP contribution in [-0.2, 0) is 6.54 Å². The number of thiophene rings is 1. The number of nitrogens with one attached hydrogen (secondary N) is 2. The van der Waals surface area contributed by atoms with Gasteiger partial charge in [0.2, 0.25) is 0 Å². The minimum Gasteiger partial charge on any atom is -0.339 e. The van der Waals surface area contributed by atoms with Crippen molar-refractivity contribution in [3.63, 3.8) is 0 Å². The van der Waals surface area contributed by atoms with E-state index in [0.717, 1.165) is 57.4 Å². The van der Waals surface area contributed by atoms with Gasteiger partial charge in [-0.05, 0) is 62.4 Å². The average molecular weight is 457 g/mol. The van der Waals surface area contributed by atoms with E-state index < -0.39 is 0 Å². The van der Waals surface area contributed by atoms with Crippen LogP contribution in [0.15, 0.2) is 36.8 Å². The van der Waals surface area contributed by atoms with Gasteiger partial charge in [0.05, 0.1) is 32.8 Å². The molecule has 1 aliphatic heterocycles. The first-order valence-electron chi connectivity index (χ1n) is 12.0. The van der Waals surface area contributed by atoms with E-state index in [1.54, 1.807) is 17.7 Å². The van der Waals surface area contributed by atoms with Crippen molar-refractivity contribution in [1.82, 2.24) is 25.1 Å². The van der Waals surface area contributed by atoms with Crippen LogP contribution in [0.5, 0.6) is 0 Å². The standard InChI is InChI=1S/C26H28N6S/c1-2-5-18(6-3-1)16-32-24-11-9-21(13-19(24)15-30-32)31-26-25-23(28-17-29-26)14-22(33-25)10-8-20-7-4-12-27-20/h9,11,13-15,17-18,20,27H,1-7,12,16H2,(H,28,29,31)/t20-/m1/s1. The first-order valence-corrected chi connectivity index (χ1v) is 12.9. The Morgan fingerprint density at radius 2 is 2.03 bits per heavy atom. The van der Waals surface area contributed by atoms with E-state index in [2.05, 4.69) is 66.5 Å². The molecule has 168 valence electrons. The fourth-order valence-electron chi connectivity index (χ4n) is 5.03. The summed E-state index contributed by atoms with van der Waals surface area (Å²) in [6.07, 6.45) is 12.7. The summed E-state index contributed by atoms with van der Waals surface area (Å²) >= 11 is 1.65. The van der Waals surface area contributed by atoms with E-state index in [1.165, 1.54) is 44.0 Å². The van der Waals surface area contributed by atoms with Crippen molar-refractivity contribution in [3.8, 4) is 11.8 Å². The molecule has 1 saturated carbocycles. The molecule has 2 aliphatic rings. The molecule has 0 unspecified atom stereocenters. The summed E-state index contributed by atoms with van der Waals surface area (Å²) in [7, 11) is 0. The Bertz CT molecular complexity index is 1330. The molecule has 0 spiro atoms. The lowest BCUT2D eigenvalue weighted by Crippen LogP contribution is -2.18. The van der Waals surface area contributed by atoms with Crippen LogP contribution in [0.2, 0.25) is 0 Å². The second-order valence-electron chi connectivity index (χ2n) is 9.19. The Kier molecular flexibility index (Phi) is 5.71. The fraction of sp³-hybridized carbons (Fsp3) is 0.423. The molecule has 0 amide bonds. The molecule has 1 aromatic carbocycles. The Morgan fingerprint density at radius 1 is 1.09 bits per heavy atom. The van der Waals surface area contributed by atoms with Gasteiger partial charge in [-0.25, -0.2) is 9.97 Å². The summed E-state index contributed by atoms with van der Waals surface area (Å²) in [6.45, 7) is 2.09. The molecule has 4 aromatic rings. The minimum atomic E-state index is 0.310. The summed E-state index contributed by atoms with van der Waals surface area (Å²) in [5, 5.41) is 12.8. The molecule has 2 N–H and O–H groups in total. The number of hydrogen-bond donors (Lipinski definition) is 2. The highest BCUT2D eigenvalue weighted by atomic mass is 32.1. The highest BCUT2D eigenvalue weighted by Gasteiger charge is 2.16. The number of aromatic nitrogens is 4. The third-order valence-electron chi connectivity index (χ3n) is 6.80. The number of rotatable bonds is 4. The lowest BCUT2D eigenvalue weighted by molar-refractivity contribution is 0.312. The third-order valence-corrected chi connectivity index (χ3v) is 7.85. The zero-order valence-corrected chi connectivity index (χ0v) is 19.5. The van der Waals surface area contributed by atoms with Crippen LogP contribution in [0.25, 0.3) is 21.1 Å². The van der Waals surface area contributed by atoms with Crippen molar-refractivity contribution in [2.45, 2.75) is 57.5 Å². The summed E-state index contributed by atoms with van der Waals surface area (Å²) < 4.78 is 3.22. The normalized spacial score (nSPS) is 19.1. The topological polar surface area (TPSA) is 67.7 Å². The number of anilines is 2. The molecular weight excluding hydrogens is 428 g/mol. The lowest BCUT2D eigenvalue weighted by Gasteiger charge is -2.21. The van der Waals surface area contributed by atoms with Gasteiger partial charge in [0.1, 0.15) is 6.33 Å². The Labute approximate surface area is 197 Å². The van der Waals surface area contributed by atoms with Crippen molar-refractivity contribution in [3.05, 3.63) is 41.7 Å². The van der Waals surface area contributed by atoms with Gasteiger partial charge >= 0.3 is 0 Å². The van der Waals surface area contributed by atoms with E-state index in [4.69, 9.17) is 0 Å². The third kappa shape index (κ3) is 4.46.